The van der Waals surface area contributed by atoms with E-state index in [0.717, 1.165) is 77.0 Å². The molecule has 0 saturated heterocycles. The predicted molar refractivity (Wildman–Crippen MR) is 298 cm³/mol. The lowest BCUT2D eigenvalue weighted by Crippen LogP contribution is -2.30. The number of carbonyl (C=O) groups is 3. The van der Waals surface area contributed by atoms with Crippen LogP contribution in [0.25, 0.3) is 0 Å². The van der Waals surface area contributed by atoms with Crippen LogP contribution in [0, 0.1) is 0 Å². The molecule has 0 radical (unpaired) electrons. The minimum absolute atomic E-state index is 0.0795. The van der Waals surface area contributed by atoms with E-state index in [2.05, 4.69) is 81.5 Å². The number of rotatable bonds is 54. The molecule has 0 unspecified atom stereocenters. The van der Waals surface area contributed by atoms with E-state index in [-0.39, 0.29) is 31.1 Å². The molecule has 0 fully saturated rings. The largest absolute Gasteiger partial charge is 0.462 e. The molecular formula is C63H112O6. The molecular weight excluding hydrogens is 853 g/mol. The molecule has 0 amide bonds. The van der Waals surface area contributed by atoms with Gasteiger partial charge < -0.3 is 14.2 Å². The van der Waals surface area contributed by atoms with Gasteiger partial charge in [-0.25, -0.2) is 0 Å². The van der Waals surface area contributed by atoms with Gasteiger partial charge in [-0.05, 0) is 109 Å². The van der Waals surface area contributed by atoms with Crippen LogP contribution in [0.3, 0.4) is 0 Å². The molecule has 0 bridgehead atoms. The Bertz CT molecular complexity index is 1250. The fourth-order valence-electron chi connectivity index (χ4n) is 8.44. The van der Waals surface area contributed by atoms with E-state index < -0.39 is 6.10 Å². The minimum atomic E-state index is -0.782. The summed E-state index contributed by atoms with van der Waals surface area (Å²) >= 11 is 0. The van der Waals surface area contributed by atoms with Crippen molar-refractivity contribution in [3.8, 4) is 0 Å². The summed E-state index contributed by atoms with van der Waals surface area (Å²) in [6.07, 6.45) is 72.0. The van der Waals surface area contributed by atoms with E-state index in [0.29, 0.717) is 19.3 Å². The van der Waals surface area contributed by atoms with Crippen LogP contribution in [0.2, 0.25) is 0 Å². The molecule has 0 saturated carbocycles. The number of ether oxygens (including phenoxy) is 3. The SMILES string of the molecule is CCCCC/C=C\C/C=C\CCCCCCCCCCCC(=O)OC[C@H](COC(=O)CCCCCCCCC/C=C\C/C=C\CCCCC)OC(=O)CCCCCCCCC/C=C\CCCCCC. The highest BCUT2D eigenvalue weighted by atomic mass is 16.6. The number of hydrogen-bond acceptors (Lipinski definition) is 6. The highest BCUT2D eigenvalue weighted by Gasteiger charge is 2.19. The predicted octanol–water partition coefficient (Wildman–Crippen LogP) is 20.0. The Hall–Kier alpha value is -2.89. The first-order valence-electron chi connectivity index (χ1n) is 29.8. The lowest BCUT2D eigenvalue weighted by atomic mass is 10.1. The number of allylic oxidation sites excluding steroid dienone is 10. The maximum Gasteiger partial charge on any atom is 0.306 e. The second kappa shape index (κ2) is 57.7. The summed E-state index contributed by atoms with van der Waals surface area (Å²) < 4.78 is 16.9. The molecule has 0 heterocycles. The third kappa shape index (κ3) is 55.9. The number of unbranched alkanes of at least 4 members (excludes halogenated alkanes) is 33. The van der Waals surface area contributed by atoms with Gasteiger partial charge in [0.15, 0.2) is 6.10 Å². The lowest BCUT2D eigenvalue weighted by molar-refractivity contribution is -0.167. The topological polar surface area (TPSA) is 78.9 Å². The second-order valence-corrected chi connectivity index (χ2v) is 19.9. The summed E-state index contributed by atoms with van der Waals surface area (Å²) in [7, 11) is 0. The van der Waals surface area contributed by atoms with E-state index in [4.69, 9.17) is 14.2 Å². The molecule has 0 aliphatic rings. The van der Waals surface area contributed by atoms with Crippen molar-refractivity contribution in [2.45, 2.75) is 309 Å². The summed E-state index contributed by atoms with van der Waals surface area (Å²) in [6, 6.07) is 0. The van der Waals surface area contributed by atoms with Crippen LogP contribution in [0.1, 0.15) is 303 Å². The molecule has 6 heteroatoms. The number of esters is 3. The summed E-state index contributed by atoms with van der Waals surface area (Å²) in [6.45, 7) is 6.59. The highest BCUT2D eigenvalue weighted by molar-refractivity contribution is 5.71. The van der Waals surface area contributed by atoms with Crippen LogP contribution >= 0.6 is 0 Å². The van der Waals surface area contributed by atoms with Crippen molar-refractivity contribution in [3.63, 3.8) is 0 Å². The maximum absolute atomic E-state index is 12.9. The van der Waals surface area contributed by atoms with E-state index in [9.17, 15) is 14.4 Å². The Kier molecular flexibility index (Phi) is 55.3. The Morgan fingerprint density at radius 3 is 0.841 bits per heavy atom. The van der Waals surface area contributed by atoms with E-state index in [1.807, 2.05) is 0 Å². The molecule has 0 aliphatic heterocycles. The van der Waals surface area contributed by atoms with Crippen LogP contribution in [0.15, 0.2) is 60.8 Å². The van der Waals surface area contributed by atoms with Crippen molar-refractivity contribution in [1.29, 1.82) is 0 Å². The van der Waals surface area contributed by atoms with E-state index in [1.54, 1.807) is 0 Å². The lowest BCUT2D eigenvalue weighted by Gasteiger charge is -2.18. The Labute approximate surface area is 428 Å². The fraction of sp³-hybridized carbons (Fsp3) is 0.794. The molecule has 0 N–H and O–H groups in total. The fourth-order valence-corrected chi connectivity index (χ4v) is 8.44. The zero-order chi connectivity index (χ0) is 50.0. The van der Waals surface area contributed by atoms with Gasteiger partial charge in [0, 0.05) is 19.3 Å². The van der Waals surface area contributed by atoms with Crippen LogP contribution in [0.4, 0.5) is 0 Å². The maximum atomic E-state index is 12.9. The Balaban J connectivity index is 4.37. The van der Waals surface area contributed by atoms with Crippen molar-refractivity contribution in [2.24, 2.45) is 0 Å². The first kappa shape index (κ1) is 66.1. The standard InChI is InChI=1S/C63H112O6/c1-4-7-10-13-16-19-22-25-28-30-31-33-36-38-41-44-47-50-53-56-62(65)68-59-60(69-63(66)57-54-51-48-45-42-39-34-27-24-21-18-15-12-9-6-3)58-67-61(64)55-52-49-46-43-40-37-35-32-29-26-23-20-17-14-11-8-5-2/h16-17,19-21,24-26,28-29,60H,4-15,18,22-23,27,30-59H2,1-3H3/b19-16-,20-17-,24-21-,28-25-,29-26-/t60-/m0/s1. The van der Waals surface area contributed by atoms with E-state index in [1.165, 1.54) is 186 Å². The van der Waals surface area contributed by atoms with Gasteiger partial charge in [0.1, 0.15) is 13.2 Å². The summed E-state index contributed by atoms with van der Waals surface area (Å²) in [5.74, 6) is -0.883. The normalized spacial score (nSPS) is 12.4. The van der Waals surface area contributed by atoms with Gasteiger partial charge in [0.05, 0.1) is 0 Å². The molecule has 0 aromatic heterocycles. The van der Waals surface area contributed by atoms with Crippen LogP contribution in [-0.2, 0) is 28.6 Å². The van der Waals surface area contributed by atoms with Crippen LogP contribution in [-0.4, -0.2) is 37.2 Å². The first-order chi connectivity index (χ1) is 34.0. The van der Waals surface area contributed by atoms with Crippen LogP contribution in [0.5, 0.6) is 0 Å². The molecule has 0 aromatic carbocycles. The third-order valence-corrected chi connectivity index (χ3v) is 13.0. The van der Waals surface area contributed by atoms with Gasteiger partial charge in [0.2, 0.25) is 0 Å². The van der Waals surface area contributed by atoms with Gasteiger partial charge in [-0.1, -0.05) is 236 Å². The monoisotopic (exact) mass is 965 g/mol. The average Bonchev–Trinajstić information content (AvgIpc) is 3.35. The quantitative estimate of drug-likeness (QED) is 0.0262. The van der Waals surface area contributed by atoms with Gasteiger partial charge in [-0.15, -0.1) is 0 Å². The molecule has 0 aromatic rings. The molecule has 69 heavy (non-hydrogen) atoms. The Morgan fingerprint density at radius 1 is 0.290 bits per heavy atom. The smallest absolute Gasteiger partial charge is 0.306 e. The summed E-state index contributed by atoms with van der Waals surface area (Å²) in [5.41, 5.74) is 0. The molecule has 400 valence electrons. The summed E-state index contributed by atoms with van der Waals surface area (Å²) in [5, 5.41) is 0. The number of hydrogen-bond donors (Lipinski definition) is 0. The van der Waals surface area contributed by atoms with Gasteiger partial charge >= 0.3 is 17.9 Å². The second-order valence-electron chi connectivity index (χ2n) is 19.9. The molecule has 0 aliphatic carbocycles. The zero-order valence-corrected chi connectivity index (χ0v) is 45.8. The van der Waals surface area contributed by atoms with Crippen LogP contribution < -0.4 is 0 Å². The summed E-state index contributed by atoms with van der Waals surface area (Å²) in [4.78, 5) is 38.2. The molecule has 1 atom stereocenters. The van der Waals surface area contributed by atoms with E-state index >= 15 is 0 Å². The average molecular weight is 966 g/mol. The van der Waals surface area contributed by atoms with Crippen molar-refractivity contribution in [3.05, 3.63) is 60.8 Å². The van der Waals surface area contributed by atoms with Gasteiger partial charge in [0.25, 0.3) is 0 Å². The molecule has 6 nitrogen and oxygen atoms in total. The Morgan fingerprint density at radius 2 is 0.522 bits per heavy atom. The van der Waals surface area contributed by atoms with Crippen molar-refractivity contribution < 1.29 is 28.6 Å². The highest BCUT2D eigenvalue weighted by Crippen LogP contribution is 2.16. The van der Waals surface area contributed by atoms with Gasteiger partial charge in [-0.3, -0.25) is 14.4 Å². The zero-order valence-electron chi connectivity index (χ0n) is 45.8. The van der Waals surface area contributed by atoms with Crippen molar-refractivity contribution >= 4 is 17.9 Å². The molecule has 0 spiro atoms. The first-order valence-corrected chi connectivity index (χ1v) is 29.8. The third-order valence-electron chi connectivity index (χ3n) is 13.0. The number of carbonyl (C=O) groups excluding carboxylic acids is 3. The molecule has 0 rings (SSSR count). The van der Waals surface area contributed by atoms with Gasteiger partial charge in [-0.2, -0.15) is 0 Å². The van der Waals surface area contributed by atoms with Crippen molar-refractivity contribution in [2.75, 3.05) is 13.2 Å². The van der Waals surface area contributed by atoms with Crippen molar-refractivity contribution in [1.82, 2.24) is 0 Å². The minimum Gasteiger partial charge on any atom is -0.462 e.